The summed E-state index contributed by atoms with van der Waals surface area (Å²) in [5.41, 5.74) is -0.675. The number of benzene rings is 2. The fourth-order valence-corrected chi connectivity index (χ4v) is 3.46. The Kier molecular flexibility index (Phi) is 8.80. The first-order chi connectivity index (χ1) is 18.5. The van der Waals surface area contributed by atoms with Gasteiger partial charge in [-0.1, -0.05) is 17.7 Å². The van der Waals surface area contributed by atoms with Crippen molar-refractivity contribution in [2.24, 2.45) is 5.10 Å². The highest BCUT2D eigenvalue weighted by Crippen LogP contribution is 2.35. The van der Waals surface area contributed by atoms with Gasteiger partial charge in [0.15, 0.2) is 5.69 Å². The molecule has 2 aromatic carbocycles. The van der Waals surface area contributed by atoms with Crippen LogP contribution in [-0.4, -0.2) is 28.6 Å². The molecule has 0 aliphatic carbocycles. The summed E-state index contributed by atoms with van der Waals surface area (Å²) in [5, 5.41) is 21.9. The first-order valence-corrected chi connectivity index (χ1v) is 11.0. The smallest absolute Gasteiger partial charge is 0.437 e. The highest BCUT2D eigenvalue weighted by molar-refractivity contribution is 6.30. The Hall–Kier alpha value is -5.01. The van der Waals surface area contributed by atoms with E-state index in [1.807, 2.05) is 0 Å². The lowest BCUT2D eigenvalue weighted by molar-refractivity contribution is -0.142. The van der Waals surface area contributed by atoms with Gasteiger partial charge in [-0.3, -0.25) is 14.2 Å². The fourth-order valence-electron chi connectivity index (χ4n) is 3.24. The van der Waals surface area contributed by atoms with E-state index in [4.69, 9.17) is 26.9 Å². The number of ether oxygens (including phenoxy) is 1. The number of carbonyl (C=O) groups is 1. The molecule has 0 fully saturated rings. The quantitative estimate of drug-likeness (QED) is 0.143. The van der Waals surface area contributed by atoms with Crippen LogP contribution in [0.5, 0.6) is 11.5 Å². The number of hydrogen-bond donors (Lipinski definition) is 1. The molecule has 3 rings (SSSR count). The zero-order valence-corrected chi connectivity index (χ0v) is 20.5. The standard InChI is InChI=1S/C25H15ClF4N6O3/c1-33-35-21(16-2-3-17(10-32)20(27)7-16)6-15(12-37)11-36-13-34-23(25(28,29)30)22(24(36)38)39-19-5-14(9-31)4-18(26)8-19/h2-8,12-13,33H,11H2,1H3/b15-6-,35-21+. The van der Waals surface area contributed by atoms with E-state index >= 15 is 0 Å². The Morgan fingerprint density at radius 1 is 1.23 bits per heavy atom. The minimum atomic E-state index is -5.08. The minimum Gasteiger partial charge on any atom is -0.449 e. The molecule has 39 heavy (non-hydrogen) atoms. The monoisotopic (exact) mass is 558 g/mol. The number of nitrogens with zero attached hydrogens (tertiary/aromatic N) is 5. The normalized spacial score (nSPS) is 11.9. The van der Waals surface area contributed by atoms with Gasteiger partial charge in [0.25, 0.3) is 5.56 Å². The van der Waals surface area contributed by atoms with Crippen LogP contribution in [0.1, 0.15) is 22.4 Å². The number of rotatable bonds is 8. The number of nitriles is 2. The van der Waals surface area contributed by atoms with Gasteiger partial charge in [-0.25, -0.2) is 9.37 Å². The lowest BCUT2D eigenvalue weighted by Gasteiger charge is -2.15. The molecule has 0 saturated heterocycles. The van der Waals surface area contributed by atoms with Crippen LogP contribution in [0.15, 0.2) is 64.3 Å². The Morgan fingerprint density at radius 2 is 1.97 bits per heavy atom. The van der Waals surface area contributed by atoms with Crippen molar-refractivity contribution in [2.75, 3.05) is 7.05 Å². The van der Waals surface area contributed by atoms with Gasteiger partial charge in [0.2, 0.25) is 5.75 Å². The lowest BCUT2D eigenvalue weighted by atomic mass is 10.0. The third-order valence-corrected chi connectivity index (χ3v) is 5.15. The van der Waals surface area contributed by atoms with E-state index < -0.39 is 35.5 Å². The highest BCUT2D eigenvalue weighted by Gasteiger charge is 2.38. The largest absolute Gasteiger partial charge is 0.449 e. The molecular formula is C25H15ClF4N6O3. The number of alkyl halides is 3. The molecule has 0 saturated carbocycles. The maximum Gasteiger partial charge on any atom is 0.437 e. The molecule has 0 aliphatic rings. The summed E-state index contributed by atoms with van der Waals surface area (Å²) < 4.78 is 60.9. The maximum atomic E-state index is 14.1. The Morgan fingerprint density at radius 3 is 2.56 bits per heavy atom. The molecule has 1 aromatic heterocycles. The zero-order valence-electron chi connectivity index (χ0n) is 19.8. The van der Waals surface area contributed by atoms with Gasteiger partial charge in [-0.2, -0.15) is 28.8 Å². The first-order valence-electron chi connectivity index (χ1n) is 10.7. The molecular weight excluding hydrogens is 544 g/mol. The second-order valence-corrected chi connectivity index (χ2v) is 8.04. The number of allylic oxidation sites excluding steroid dienone is 2. The number of nitrogens with one attached hydrogen (secondary N) is 1. The van der Waals surface area contributed by atoms with Gasteiger partial charge < -0.3 is 10.2 Å². The van der Waals surface area contributed by atoms with Crippen LogP contribution in [0, 0.1) is 28.5 Å². The van der Waals surface area contributed by atoms with E-state index in [-0.39, 0.29) is 38.7 Å². The molecule has 0 radical (unpaired) electrons. The number of aldehydes is 1. The van der Waals surface area contributed by atoms with Crippen LogP contribution < -0.4 is 15.7 Å². The van der Waals surface area contributed by atoms with E-state index in [0.29, 0.717) is 17.2 Å². The highest BCUT2D eigenvalue weighted by atomic mass is 35.5. The van der Waals surface area contributed by atoms with Gasteiger partial charge >= 0.3 is 6.18 Å². The maximum absolute atomic E-state index is 14.1. The van der Waals surface area contributed by atoms with Crippen LogP contribution in [0.25, 0.3) is 0 Å². The Balaban J connectivity index is 2.07. The van der Waals surface area contributed by atoms with Crippen molar-refractivity contribution in [3.8, 4) is 23.6 Å². The van der Waals surface area contributed by atoms with Crippen LogP contribution in [0.4, 0.5) is 17.6 Å². The number of halogens is 5. The van der Waals surface area contributed by atoms with Gasteiger partial charge in [0.1, 0.15) is 23.9 Å². The van der Waals surface area contributed by atoms with Crippen LogP contribution >= 0.6 is 11.6 Å². The summed E-state index contributed by atoms with van der Waals surface area (Å²) in [4.78, 5) is 28.2. The van der Waals surface area contributed by atoms with Crippen molar-refractivity contribution in [3.05, 3.63) is 98.0 Å². The summed E-state index contributed by atoms with van der Waals surface area (Å²) in [7, 11) is 1.43. The molecule has 1 N–H and O–H groups in total. The van der Waals surface area contributed by atoms with E-state index in [0.717, 1.165) is 18.2 Å². The first kappa shape index (κ1) is 28.6. The molecule has 1 heterocycles. The summed E-state index contributed by atoms with van der Waals surface area (Å²) in [5.74, 6) is -2.37. The van der Waals surface area contributed by atoms with Gasteiger partial charge in [0.05, 0.1) is 35.8 Å². The third-order valence-electron chi connectivity index (χ3n) is 4.93. The molecule has 0 spiro atoms. The van der Waals surface area contributed by atoms with E-state index in [2.05, 4.69) is 15.5 Å². The fraction of sp³-hybridized carbons (Fsp3) is 0.120. The van der Waals surface area contributed by atoms with Crippen molar-refractivity contribution < 1.29 is 27.1 Å². The van der Waals surface area contributed by atoms with Gasteiger partial charge in [-0.15, -0.1) is 0 Å². The molecule has 0 unspecified atom stereocenters. The predicted molar refractivity (Wildman–Crippen MR) is 131 cm³/mol. The topological polar surface area (TPSA) is 133 Å². The second-order valence-electron chi connectivity index (χ2n) is 7.61. The van der Waals surface area contributed by atoms with Crippen LogP contribution in [-0.2, 0) is 17.5 Å². The number of hydrogen-bond acceptors (Lipinski definition) is 8. The molecule has 0 atom stereocenters. The van der Waals surface area contributed by atoms with Crippen molar-refractivity contribution in [2.45, 2.75) is 12.7 Å². The molecule has 0 amide bonds. The van der Waals surface area contributed by atoms with Crippen molar-refractivity contribution in [1.82, 2.24) is 15.0 Å². The van der Waals surface area contributed by atoms with E-state index in [9.17, 15) is 27.2 Å². The molecule has 3 aromatic rings. The Bertz CT molecular complexity index is 1630. The third kappa shape index (κ3) is 6.85. The van der Waals surface area contributed by atoms with E-state index in [1.54, 1.807) is 12.1 Å². The Labute approximate surface area is 222 Å². The number of aromatic nitrogens is 2. The van der Waals surface area contributed by atoms with Gasteiger partial charge in [0, 0.05) is 23.2 Å². The summed E-state index contributed by atoms with van der Waals surface area (Å²) in [6.07, 6.45) is -3.00. The molecule has 14 heteroatoms. The van der Waals surface area contributed by atoms with Crippen LogP contribution in [0.2, 0.25) is 5.02 Å². The summed E-state index contributed by atoms with van der Waals surface area (Å²) in [6.45, 7) is -0.565. The zero-order chi connectivity index (χ0) is 28.7. The van der Waals surface area contributed by atoms with E-state index in [1.165, 1.54) is 31.3 Å². The van der Waals surface area contributed by atoms with Gasteiger partial charge in [-0.05, 0) is 36.4 Å². The lowest BCUT2D eigenvalue weighted by Crippen LogP contribution is -2.27. The van der Waals surface area contributed by atoms with Crippen molar-refractivity contribution in [1.29, 1.82) is 10.5 Å². The van der Waals surface area contributed by atoms with Crippen LogP contribution in [0.3, 0.4) is 0 Å². The molecule has 198 valence electrons. The SMILES string of the molecule is CN/N=C(\C=C(/C=O)Cn1cnc(C(F)(F)F)c(Oc2cc(Cl)cc(C#N)c2)c1=O)c1ccc(C#N)c(F)c1. The molecule has 0 bridgehead atoms. The summed E-state index contributed by atoms with van der Waals surface area (Å²) >= 11 is 5.88. The van der Waals surface area contributed by atoms with Crippen molar-refractivity contribution >= 4 is 23.6 Å². The molecule has 0 aliphatic heterocycles. The minimum absolute atomic E-state index is 0.0235. The second kappa shape index (κ2) is 12.0. The predicted octanol–water partition coefficient (Wildman–Crippen LogP) is 4.34. The number of hydrazone groups is 1. The average molecular weight is 559 g/mol. The summed E-state index contributed by atoms with van der Waals surface area (Å²) in [6, 6.07) is 10.4. The van der Waals surface area contributed by atoms with Crippen molar-refractivity contribution in [3.63, 3.8) is 0 Å². The number of carbonyl (C=O) groups excluding carboxylic acids is 1. The molecule has 9 nitrogen and oxygen atoms in total. The average Bonchev–Trinajstić information content (AvgIpc) is 2.88.